The molecule has 72 heavy (non-hydrogen) atoms. The second-order valence-electron chi connectivity index (χ2n) is 19.6. The summed E-state index contributed by atoms with van der Waals surface area (Å²) in [6, 6.07) is 20.8. The number of aliphatic imine (C=N–C) groups is 1. The number of fused-ring (bicyclic) bond motifs is 3. The van der Waals surface area contributed by atoms with Gasteiger partial charge in [0, 0.05) is 82.7 Å². The monoisotopic (exact) mass is 1010 g/mol. The highest BCUT2D eigenvalue weighted by molar-refractivity contribution is 7.15. The highest BCUT2D eigenvalue weighted by Crippen LogP contribution is 2.40. The third kappa shape index (κ3) is 9.60. The van der Waals surface area contributed by atoms with Gasteiger partial charge in [-0.2, -0.15) is 5.10 Å². The van der Waals surface area contributed by atoms with Gasteiger partial charge in [0.1, 0.15) is 46.6 Å². The van der Waals surface area contributed by atoms with Gasteiger partial charge in [-0.25, -0.2) is 4.98 Å². The van der Waals surface area contributed by atoms with E-state index in [4.69, 9.17) is 21.3 Å². The van der Waals surface area contributed by atoms with E-state index in [2.05, 4.69) is 44.8 Å². The fourth-order valence-corrected chi connectivity index (χ4v) is 11.4. The minimum atomic E-state index is -0.840. The Balaban J connectivity index is 0.762. The number of hydrogen-bond acceptors (Lipinski definition) is 11. The Bertz CT molecular complexity index is 3190. The number of amides is 3. The summed E-state index contributed by atoms with van der Waals surface area (Å²) in [6.07, 6.45) is 7.81. The molecule has 0 spiro atoms. The number of imidazole rings is 1. The summed E-state index contributed by atoms with van der Waals surface area (Å²) in [5.74, 6) is 2.02. The Kier molecular flexibility index (Phi) is 13.5. The van der Waals surface area contributed by atoms with Crippen molar-refractivity contribution < 1.29 is 24.2 Å². The number of halogens is 1. The smallest absolute Gasteiger partial charge is 0.248 e. The Labute approximate surface area is 427 Å². The zero-order chi connectivity index (χ0) is 50.5. The molecule has 0 bridgehead atoms. The maximum atomic E-state index is 14.4. The van der Waals surface area contributed by atoms with Gasteiger partial charge in [0.05, 0.1) is 30.5 Å². The van der Waals surface area contributed by atoms with Crippen LogP contribution in [0.1, 0.15) is 109 Å². The van der Waals surface area contributed by atoms with Crippen molar-refractivity contribution in [3.63, 3.8) is 0 Å². The van der Waals surface area contributed by atoms with E-state index in [0.717, 1.165) is 61.4 Å². The molecule has 10 rings (SSSR count). The number of β-amino-alcohol motifs (C(OH)–C–C–N with tert-alkyl or cyclic N) is 1. The van der Waals surface area contributed by atoms with Crippen LogP contribution in [0.3, 0.4) is 0 Å². The molecule has 6 heterocycles. The quantitative estimate of drug-likeness (QED) is 0.0964. The summed E-state index contributed by atoms with van der Waals surface area (Å²) >= 11 is 7.96. The summed E-state index contributed by atoms with van der Waals surface area (Å²) in [5, 5.41) is 32.4. The molecule has 5 atom stereocenters. The molecule has 0 radical (unpaired) electrons. The molecule has 16 nitrogen and oxygen atoms in total. The Morgan fingerprint density at radius 2 is 1.68 bits per heavy atom. The van der Waals surface area contributed by atoms with E-state index >= 15 is 0 Å². The summed E-state index contributed by atoms with van der Waals surface area (Å²) in [4.78, 5) is 54.3. The van der Waals surface area contributed by atoms with E-state index < -0.39 is 24.2 Å². The molecular weight excluding hydrogens is 950 g/mol. The van der Waals surface area contributed by atoms with Gasteiger partial charge in [0.15, 0.2) is 5.82 Å². The maximum Gasteiger partial charge on any atom is 0.248 e. The number of nitrogens with one attached hydrogen (secondary N) is 2. The number of thiophene rings is 1. The first-order valence-corrected chi connectivity index (χ1v) is 25.7. The van der Waals surface area contributed by atoms with Crippen LogP contribution in [0.25, 0.3) is 21.8 Å². The Morgan fingerprint density at radius 3 is 2.40 bits per heavy atom. The largest absolute Gasteiger partial charge is 0.490 e. The van der Waals surface area contributed by atoms with Crippen molar-refractivity contribution in [1.29, 1.82) is 0 Å². The number of nitrogens with zero attached hydrogens (tertiary/aromatic N) is 9. The van der Waals surface area contributed by atoms with Crippen molar-refractivity contribution in [3.05, 3.63) is 147 Å². The summed E-state index contributed by atoms with van der Waals surface area (Å²) in [7, 11) is 0. The lowest BCUT2D eigenvalue weighted by molar-refractivity contribution is -0.142. The molecule has 3 amide bonds. The number of likely N-dealkylation sites (tertiary alicyclic amines) is 1. The zero-order valence-electron chi connectivity index (χ0n) is 41.3. The van der Waals surface area contributed by atoms with Crippen LogP contribution in [0, 0.1) is 33.6 Å². The molecule has 0 unspecified atom stereocenters. The topological polar surface area (TPSA) is 187 Å². The van der Waals surface area contributed by atoms with E-state index in [0.29, 0.717) is 29.4 Å². The van der Waals surface area contributed by atoms with Gasteiger partial charge in [-0.3, -0.25) is 28.6 Å². The SMILES string of the molecule is Cc1sc2c(c1C)C(c1ccc(Cl)cc1)=N[C@@H](CC(=O)NC1CC(Oc3cccc(-c4cnn([C@H](C(=O)N5C[C@H](O)C[C@H]5C(=O)N[C@@H](C)c5ccc(-n6ccnc6C)cc5)C(C)C)c4)c3)C1)c1nnc(C)n1-2. The molecule has 1 saturated heterocycles. The molecule has 372 valence electrons. The molecule has 18 heteroatoms. The Hall–Kier alpha value is -6.95. The first-order chi connectivity index (χ1) is 34.6. The van der Waals surface area contributed by atoms with Crippen LogP contribution in [-0.2, 0) is 14.4 Å². The van der Waals surface area contributed by atoms with Gasteiger partial charge in [0.25, 0.3) is 0 Å². The minimum Gasteiger partial charge on any atom is -0.490 e. The van der Waals surface area contributed by atoms with E-state index in [-0.39, 0.29) is 61.2 Å². The van der Waals surface area contributed by atoms with Crippen molar-refractivity contribution in [2.45, 2.75) is 117 Å². The molecule has 3 N–H and O–H groups in total. The lowest BCUT2D eigenvalue weighted by Crippen LogP contribution is -2.49. The molecule has 3 aromatic carbocycles. The Morgan fingerprint density at radius 1 is 0.917 bits per heavy atom. The number of aliphatic hydroxyl groups is 1. The van der Waals surface area contributed by atoms with Crippen molar-refractivity contribution >= 4 is 46.4 Å². The van der Waals surface area contributed by atoms with Gasteiger partial charge < -0.3 is 29.9 Å². The highest BCUT2D eigenvalue weighted by Gasteiger charge is 2.43. The number of carbonyl (C=O) groups is 3. The highest BCUT2D eigenvalue weighted by atomic mass is 35.5. The van der Waals surface area contributed by atoms with Crippen molar-refractivity contribution in [3.8, 4) is 27.6 Å². The van der Waals surface area contributed by atoms with E-state index in [1.165, 1.54) is 9.78 Å². The standard InChI is InChI=1S/C54H58ClN11O5S/c1-29(2)50(53(70)64-28-42(67)24-46(64)52(69)58-31(4)35-13-17-41(18-14-35)63-20-19-56-33(63)6)65-27-38(26-57-65)37-9-8-10-43(21-37)71-44-22-40(23-44)59-47(68)25-45-51-62-61-34(7)66(51)54-48(30(3)32(5)72-54)49(60-45)36-11-15-39(55)16-12-36/h8-21,26-27,29,31,40,42,44-46,50,67H,22-25,28H2,1-7H3,(H,58,69)(H,59,68)/t31-,40?,42+,44?,45-,46-,50-/m0/s1. The van der Waals surface area contributed by atoms with Crippen LogP contribution >= 0.6 is 22.9 Å². The average Bonchev–Trinajstić information content (AvgIpc) is 4.19. The van der Waals surface area contributed by atoms with E-state index in [1.54, 1.807) is 28.4 Å². The first-order valence-electron chi connectivity index (χ1n) is 24.5. The molecule has 2 aliphatic heterocycles. The third-order valence-electron chi connectivity index (χ3n) is 14.2. The first kappa shape index (κ1) is 48.7. The second-order valence-corrected chi connectivity index (χ2v) is 21.2. The van der Waals surface area contributed by atoms with Gasteiger partial charge >= 0.3 is 0 Å². The van der Waals surface area contributed by atoms with Crippen LogP contribution in [0.15, 0.2) is 103 Å². The molecular formula is C54H58ClN11O5S. The summed E-state index contributed by atoms with van der Waals surface area (Å²) in [5.41, 5.74) is 7.39. The lowest BCUT2D eigenvalue weighted by atomic mass is 9.89. The van der Waals surface area contributed by atoms with Gasteiger partial charge in [-0.05, 0) is 93.6 Å². The van der Waals surface area contributed by atoms with Gasteiger partial charge in [-0.1, -0.05) is 61.8 Å². The molecule has 2 fully saturated rings. The predicted octanol–water partition coefficient (Wildman–Crippen LogP) is 8.31. The van der Waals surface area contributed by atoms with Gasteiger partial charge in [0.2, 0.25) is 17.7 Å². The molecule has 3 aliphatic rings. The van der Waals surface area contributed by atoms with Crippen LogP contribution in [0.2, 0.25) is 5.02 Å². The fraction of sp³-hybridized carbons (Fsp3) is 0.370. The fourth-order valence-electron chi connectivity index (χ4n) is 10.1. The normalized spacial score (nSPS) is 20.2. The molecule has 7 aromatic rings. The van der Waals surface area contributed by atoms with Crippen LogP contribution in [-0.4, -0.2) is 98.4 Å². The lowest BCUT2D eigenvalue weighted by Gasteiger charge is -2.36. The maximum absolute atomic E-state index is 14.4. The number of rotatable bonds is 14. The van der Waals surface area contributed by atoms with Crippen LogP contribution in [0.5, 0.6) is 5.75 Å². The average molecular weight is 1010 g/mol. The minimum absolute atomic E-state index is 0.0490. The molecule has 1 aliphatic carbocycles. The summed E-state index contributed by atoms with van der Waals surface area (Å²) in [6.45, 7) is 13.9. The summed E-state index contributed by atoms with van der Waals surface area (Å²) < 4.78 is 12.1. The van der Waals surface area contributed by atoms with E-state index in [1.807, 2.05) is 129 Å². The number of benzene rings is 3. The number of carbonyl (C=O) groups excluding carboxylic acids is 3. The predicted molar refractivity (Wildman–Crippen MR) is 276 cm³/mol. The molecule has 4 aromatic heterocycles. The van der Waals surface area contributed by atoms with Crippen molar-refractivity contribution in [2.75, 3.05) is 6.54 Å². The zero-order valence-corrected chi connectivity index (χ0v) is 42.9. The number of aromatic nitrogens is 7. The number of ether oxygens (including phenoxy) is 1. The second kappa shape index (κ2) is 19.9. The van der Waals surface area contributed by atoms with Crippen LogP contribution in [0.4, 0.5) is 0 Å². The number of hydrogen-bond donors (Lipinski definition) is 3. The van der Waals surface area contributed by atoms with E-state index in [9.17, 15) is 19.5 Å². The van der Waals surface area contributed by atoms with Crippen molar-refractivity contribution in [1.82, 2.24) is 49.6 Å². The number of aliphatic hydroxyl groups excluding tert-OH is 1. The van der Waals surface area contributed by atoms with Gasteiger partial charge in [-0.15, -0.1) is 21.5 Å². The number of aryl methyl sites for hydroxylation is 3. The molecule has 1 saturated carbocycles. The third-order valence-corrected chi connectivity index (χ3v) is 15.6. The van der Waals surface area contributed by atoms with Crippen LogP contribution < -0.4 is 15.4 Å². The van der Waals surface area contributed by atoms with Crippen molar-refractivity contribution in [2.24, 2.45) is 10.9 Å².